The first-order chi connectivity index (χ1) is 8.82. The zero-order valence-electron chi connectivity index (χ0n) is 11.0. The van der Waals surface area contributed by atoms with Crippen molar-refractivity contribution >= 4 is 11.9 Å². The van der Waals surface area contributed by atoms with Crippen molar-refractivity contribution in [2.24, 2.45) is 0 Å². The van der Waals surface area contributed by atoms with E-state index in [-0.39, 0.29) is 6.61 Å². The normalized spacial score (nSPS) is 21.6. The summed E-state index contributed by atoms with van der Waals surface area (Å²) in [7, 11) is 0. The van der Waals surface area contributed by atoms with Crippen molar-refractivity contribution in [1.82, 2.24) is 5.01 Å². The zero-order chi connectivity index (χ0) is 14.6. The van der Waals surface area contributed by atoms with E-state index in [9.17, 15) is 19.7 Å². The molecule has 1 fully saturated rings. The minimum Gasteiger partial charge on any atom is -0.376 e. The van der Waals surface area contributed by atoms with Crippen molar-refractivity contribution in [2.45, 2.75) is 45.8 Å². The van der Waals surface area contributed by atoms with Crippen LogP contribution in [-0.4, -0.2) is 40.7 Å². The third-order valence-corrected chi connectivity index (χ3v) is 2.55. The van der Waals surface area contributed by atoms with E-state index < -0.39 is 29.1 Å². The Kier molecular flexibility index (Phi) is 4.65. The Balaban J connectivity index is 3.17. The second-order valence-electron chi connectivity index (χ2n) is 3.99. The summed E-state index contributed by atoms with van der Waals surface area (Å²) in [4.78, 5) is 33.4. The first-order valence-electron chi connectivity index (χ1n) is 5.79. The molecule has 9 nitrogen and oxygen atoms in total. The molecule has 0 aliphatic carbocycles. The van der Waals surface area contributed by atoms with Crippen LogP contribution in [0.5, 0.6) is 0 Å². The van der Waals surface area contributed by atoms with Crippen LogP contribution < -0.4 is 0 Å². The Morgan fingerprint density at radius 1 is 1.42 bits per heavy atom. The van der Waals surface area contributed by atoms with Crippen LogP contribution in [0.2, 0.25) is 0 Å². The van der Waals surface area contributed by atoms with E-state index in [1.165, 1.54) is 0 Å². The van der Waals surface area contributed by atoms with Gasteiger partial charge in [-0.25, -0.2) is 10.1 Å². The molecule has 0 aromatic rings. The minimum absolute atomic E-state index is 0.0728. The monoisotopic (exact) mass is 276 g/mol. The van der Waals surface area contributed by atoms with Gasteiger partial charge in [-0.15, -0.1) is 0 Å². The van der Waals surface area contributed by atoms with Crippen molar-refractivity contribution in [3.63, 3.8) is 0 Å². The van der Waals surface area contributed by atoms with E-state index in [1.54, 1.807) is 6.92 Å². The lowest BCUT2D eigenvalue weighted by molar-refractivity contribution is -0.743. The summed E-state index contributed by atoms with van der Waals surface area (Å²) in [6, 6.07) is -0.567. The molecule has 1 saturated heterocycles. The van der Waals surface area contributed by atoms with Crippen LogP contribution in [0.4, 0.5) is 0 Å². The number of hydrogen-bond donors (Lipinski definition) is 0. The Hall–Kier alpha value is -1.90. The maximum Gasteiger partial charge on any atom is 0.527 e. The summed E-state index contributed by atoms with van der Waals surface area (Å²) in [6.45, 7) is 3.90. The third kappa shape index (κ3) is 3.31. The fraction of sp³-hybridized carbons (Fsp3) is 0.800. The van der Waals surface area contributed by atoms with Gasteiger partial charge >= 0.3 is 18.0 Å². The number of rotatable bonds is 4. The van der Waals surface area contributed by atoms with Crippen LogP contribution in [-0.2, 0) is 23.8 Å². The van der Waals surface area contributed by atoms with Crippen molar-refractivity contribution in [2.75, 3.05) is 6.61 Å². The quantitative estimate of drug-likeness (QED) is 0.314. The molecule has 0 aromatic heterocycles. The number of nitrogens with zero attached hydrogens (tertiary/aromatic N) is 2. The molecule has 9 heteroatoms. The molecule has 19 heavy (non-hydrogen) atoms. The van der Waals surface area contributed by atoms with Crippen molar-refractivity contribution in [1.29, 1.82) is 0 Å². The Morgan fingerprint density at radius 3 is 2.32 bits per heavy atom. The summed E-state index contributed by atoms with van der Waals surface area (Å²) in [6.07, 6.45) is -1.66. The molecular weight excluding hydrogens is 260 g/mol. The van der Waals surface area contributed by atoms with E-state index in [1.807, 2.05) is 0 Å². The molecule has 1 atom stereocenters. The van der Waals surface area contributed by atoms with Gasteiger partial charge in [-0.05, 0) is 17.9 Å². The van der Waals surface area contributed by atoms with Crippen molar-refractivity contribution < 1.29 is 28.8 Å². The SMILES string of the molecule is CCC1CCOC(OC(C)=O)(OC(C)=O)N1[N+](=O)[O-]. The Labute approximate surface area is 109 Å². The predicted octanol–water partition coefficient (Wildman–Crippen LogP) is 0.417. The summed E-state index contributed by atoms with van der Waals surface area (Å²) < 4.78 is 14.6. The van der Waals surface area contributed by atoms with E-state index >= 15 is 0 Å². The molecular formula is C10H16N2O7. The molecule has 0 radical (unpaired) electrons. The van der Waals surface area contributed by atoms with Crippen LogP contribution in [0, 0.1) is 10.1 Å². The fourth-order valence-electron chi connectivity index (χ4n) is 1.88. The standard InChI is InChI=1S/C10H16N2O7/c1-4-9-5-6-17-10(18-7(2)13,19-8(3)14)11(9)12(15)16/h9H,4-6H2,1-3H3. The Morgan fingerprint density at radius 2 is 1.95 bits per heavy atom. The van der Waals surface area contributed by atoms with Gasteiger partial charge in [0.25, 0.3) is 0 Å². The number of esters is 2. The van der Waals surface area contributed by atoms with Crippen molar-refractivity contribution in [3.8, 4) is 0 Å². The van der Waals surface area contributed by atoms with Gasteiger partial charge in [0.2, 0.25) is 0 Å². The van der Waals surface area contributed by atoms with Crippen molar-refractivity contribution in [3.05, 3.63) is 10.1 Å². The molecule has 0 aromatic carbocycles. The van der Waals surface area contributed by atoms with Gasteiger partial charge in [-0.3, -0.25) is 14.3 Å². The van der Waals surface area contributed by atoms with Gasteiger partial charge in [-0.1, -0.05) is 6.92 Å². The molecule has 1 rings (SSSR count). The first-order valence-corrected chi connectivity index (χ1v) is 5.79. The average Bonchev–Trinajstić information content (AvgIpc) is 2.25. The van der Waals surface area contributed by atoms with Gasteiger partial charge in [0.1, 0.15) is 6.04 Å². The second-order valence-corrected chi connectivity index (χ2v) is 3.99. The lowest BCUT2D eigenvalue weighted by Crippen LogP contribution is -2.65. The van der Waals surface area contributed by atoms with E-state index in [0.29, 0.717) is 17.9 Å². The lowest BCUT2D eigenvalue weighted by atomic mass is 10.1. The number of carbonyl (C=O) groups excluding carboxylic acids is 2. The summed E-state index contributed by atoms with van der Waals surface area (Å²) in [5.74, 6) is -1.71. The average molecular weight is 276 g/mol. The third-order valence-electron chi connectivity index (χ3n) is 2.55. The highest BCUT2D eigenvalue weighted by molar-refractivity contribution is 5.68. The smallest absolute Gasteiger partial charge is 0.376 e. The number of ether oxygens (including phenoxy) is 3. The molecule has 0 saturated carbocycles. The lowest BCUT2D eigenvalue weighted by Gasteiger charge is -2.40. The molecule has 1 aliphatic heterocycles. The Bertz CT molecular complexity index is 368. The van der Waals surface area contributed by atoms with Crippen LogP contribution in [0.1, 0.15) is 33.6 Å². The molecule has 0 bridgehead atoms. The van der Waals surface area contributed by atoms with E-state index in [0.717, 1.165) is 13.8 Å². The highest BCUT2D eigenvalue weighted by atomic mass is 16.9. The number of hydrogen-bond acceptors (Lipinski definition) is 7. The van der Waals surface area contributed by atoms with Gasteiger partial charge < -0.3 is 9.47 Å². The van der Waals surface area contributed by atoms with E-state index in [4.69, 9.17) is 14.2 Å². The van der Waals surface area contributed by atoms with Gasteiger partial charge in [-0.2, -0.15) is 0 Å². The maximum atomic E-state index is 11.2. The first kappa shape index (κ1) is 15.2. The van der Waals surface area contributed by atoms with Crippen LogP contribution >= 0.6 is 0 Å². The van der Waals surface area contributed by atoms with Crippen LogP contribution in [0.3, 0.4) is 0 Å². The molecule has 1 heterocycles. The van der Waals surface area contributed by atoms with Gasteiger partial charge in [0, 0.05) is 13.8 Å². The molecule has 0 spiro atoms. The highest BCUT2D eigenvalue weighted by Crippen LogP contribution is 2.31. The number of nitro groups is 1. The predicted molar refractivity (Wildman–Crippen MR) is 59.7 cm³/mol. The summed E-state index contributed by atoms with van der Waals surface area (Å²) in [5.41, 5.74) is 0. The molecule has 108 valence electrons. The minimum atomic E-state index is -2.43. The maximum absolute atomic E-state index is 11.2. The molecule has 0 N–H and O–H groups in total. The zero-order valence-corrected chi connectivity index (χ0v) is 11.0. The van der Waals surface area contributed by atoms with Crippen LogP contribution in [0.25, 0.3) is 0 Å². The summed E-state index contributed by atoms with van der Waals surface area (Å²) in [5, 5.41) is 10.9. The topological polar surface area (TPSA) is 108 Å². The molecule has 0 amide bonds. The fourth-order valence-corrected chi connectivity index (χ4v) is 1.88. The molecule has 1 aliphatic rings. The van der Waals surface area contributed by atoms with E-state index in [2.05, 4.69) is 0 Å². The number of hydrazine groups is 1. The van der Waals surface area contributed by atoms with Gasteiger partial charge in [0.05, 0.1) is 6.61 Å². The van der Waals surface area contributed by atoms with Crippen LogP contribution in [0.15, 0.2) is 0 Å². The summed E-state index contributed by atoms with van der Waals surface area (Å²) >= 11 is 0. The number of carbonyl (C=O) groups is 2. The van der Waals surface area contributed by atoms with Gasteiger partial charge in [0.15, 0.2) is 5.03 Å². The highest BCUT2D eigenvalue weighted by Gasteiger charge is 2.58. The molecule has 1 unspecified atom stereocenters. The second kappa shape index (κ2) is 5.83. The largest absolute Gasteiger partial charge is 0.527 e.